The van der Waals surface area contributed by atoms with Crippen LogP contribution in [0.1, 0.15) is 25.3 Å². The maximum atomic E-state index is 11.4. The number of rotatable bonds is 3. The summed E-state index contributed by atoms with van der Waals surface area (Å²) in [7, 11) is -3.10. The van der Waals surface area contributed by atoms with Gasteiger partial charge in [0.15, 0.2) is 9.84 Å². The van der Waals surface area contributed by atoms with Crippen LogP contribution in [0.25, 0.3) is 0 Å². The topological polar surface area (TPSA) is 63.4 Å². The fourth-order valence-electron chi connectivity index (χ4n) is 2.32. The molecule has 1 aromatic carbocycles. The highest BCUT2D eigenvalue weighted by Crippen LogP contribution is 2.20. The predicted molar refractivity (Wildman–Crippen MR) is 76.7 cm³/mol. The molecule has 0 saturated carbocycles. The molecule has 0 aliphatic carbocycles. The number of likely N-dealkylation sites (tertiary alicyclic amines) is 1. The van der Waals surface area contributed by atoms with Crippen LogP contribution in [-0.2, 0) is 16.4 Å². The third kappa shape index (κ3) is 4.03. The van der Waals surface area contributed by atoms with Gasteiger partial charge in [-0.1, -0.05) is 12.1 Å². The van der Waals surface area contributed by atoms with Gasteiger partial charge in [-0.15, -0.1) is 0 Å². The monoisotopic (exact) mass is 282 g/mol. The van der Waals surface area contributed by atoms with Gasteiger partial charge in [-0.2, -0.15) is 0 Å². The number of nitrogens with zero attached hydrogens (tertiary/aromatic N) is 1. The summed E-state index contributed by atoms with van der Waals surface area (Å²) < 4.78 is 22.8. The number of hydrogen-bond donors (Lipinski definition) is 1. The van der Waals surface area contributed by atoms with Gasteiger partial charge in [-0.25, -0.2) is 8.42 Å². The number of sulfone groups is 1. The van der Waals surface area contributed by atoms with Crippen LogP contribution in [0.3, 0.4) is 0 Å². The Morgan fingerprint density at radius 1 is 1.21 bits per heavy atom. The van der Waals surface area contributed by atoms with Crippen molar-refractivity contribution in [1.29, 1.82) is 0 Å². The summed E-state index contributed by atoms with van der Waals surface area (Å²) in [6.07, 6.45) is 3.25. The molecule has 19 heavy (non-hydrogen) atoms. The molecule has 106 valence electrons. The van der Waals surface area contributed by atoms with E-state index in [0.29, 0.717) is 4.90 Å². The van der Waals surface area contributed by atoms with Crippen LogP contribution in [-0.4, -0.2) is 38.2 Å². The summed E-state index contributed by atoms with van der Waals surface area (Å²) in [5.41, 5.74) is 7.22. The molecule has 1 saturated heterocycles. The van der Waals surface area contributed by atoms with Gasteiger partial charge in [0.25, 0.3) is 0 Å². The predicted octanol–water partition coefficient (Wildman–Crippen LogP) is 1.40. The number of hydrogen-bond acceptors (Lipinski definition) is 4. The second-order valence-electron chi connectivity index (χ2n) is 5.85. The Morgan fingerprint density at radius 3 is 2.21 bits per heavy atom. The van der Waals surface area contributed by atoms with Gasteiger partial charge >= 0.3 is 0 Å². The first-order valence-electron chi connectivity index (χ1n) is 6.57. The maximum Gasteiger partial charge on any atom is 0.175 e. The highest BCUT2D eigenvalue weighted by Gasteiger charge is 2.25. The van der Waals surface area contributed by atoms with Gasteiger partial charge in [-0.05, 0) is 37.5 Å². The summed E-state index contributed by atoms with van der Waals surface area (Å²) >= 11 is 0. The molecule has 0 spiro atoms. The molecule has 0 radical (unpaired) electrons. The lowest BCUT2D eigenvalue weighted by Crippen LogP contribution is -2.47. The van der Waals surface area contributed by atoms with E-state index in [4.69, 9.17) is 5.73 Å². The van der Waals surface area contributed by atoms with Gasteiger partial charge in [-0.3, -0.25) is 4.90 Å². The van der Waals surface area contributed by atoms with Gasteiger partial charge in [0.2, 0.25) is 0 Å². The largest absolute Gasteiger partial charge is 0.325 e. The third-order valence-corrected chi connectivity index (χ3v) is 4.88. The molecule has 5 heteroatoms. The smallest absolute Gasteiger partial charge is 0.175 e. The standard InChI is InChI=1S/C14H22N2O2S/c1-14(15)7-9-16(10-8-14)11-12-3-5-13(6-4-12)19(2,17)18/h3-6H,7-11,15H2,1-2H3. The van der Waals surface area contributed by atoms with E-state index in [1.807, 2.05) is 12.1 Å². The van der Waals surface area contributed by atoms with Crippen molar-refractivity contribution in [2.45, 2.75) is 36.7 Å². The fourth-order valence-corrected chi connectivity index (χ4v) is 2.95. The second-order valence-corrected chi connectivity index (χ2v) is 7.86. The van der Waals surface area contributed by atoms with Crippen molar-refractivity contribution in [3.05, 3.63) is 29.8 Å². The Labute approximate surface area is 115 Å². The molecule has 2 rings (SSSR count). The molecule has 1 aliphatic rings. The van der Waals surface area contributed by atoms with Crippen molar-refractivity contribution in [3.8, 4) is 0 Å². The minimum Gasteiger partial charge on any atom is -0.325 e. The van der Waals surface area contributed by atoms with Crippen LogP contribution < -0.4 is 5.73 Å². The molecule has 1 fully saturated rings. The first-order valence-corrected chi connectivity index (χ1v) is 8.46. The molecule has 0 amide bonds. The van der Waals surface area contributed by atoms with Crippen LogP contribution in [0.2, 0.25) is 0 Å². The van der Waals surface area contributed by atoms with Gasteiger partial charge < -0.3 is 5.73 Å². The van der Waals surface area contributed by atoms with E-state index >= 15 is 0 Å². The average Bonchev–Trinajstić information content (AvgIpc) is 2.31. The van der Waals surface area contributed by atoms with Crippen molar-refractivity contribution < 1.29 is 8.42 Å². The molecule has 2 N–H and O–H groups in total. The van der Waals surface area contributed by atoms with Gasteiger partial charge in [0, 0.05) is 31.4 Å². The lowest BCUT2D eigenvalue weighted by Gasteiger charge is -2.36. The van der Waals surface area contributed by atoms with E-state index in [2.05, 4.69) is 11.8 Å². The second kappa shape index (κ2) is 5.23. The van der Waals surface area contributed by atoms with Crippen LogP contribution in [0.4, 0.5) is 0 Å². The quantitative estimate of drug-likeness (QED) is 0.910. The molecular formula is C14H22N2O2S. The molecule has 0 unspecified atom stereocenters. The first-order chi connectivity index (χ1) is 8.76. The molecule has 0 atom stereocenters. The van der Waals surface area contributed by atoms with Gasteiger partial charge in [0.05, 0.1) is 4.90 Å². The molecule has 0 bridgehead atoms. The van der Waals surface area contributed by atoms with E-state index < -0.39 is 9.84 Å². The summed E-state index contributed by atoms with van der Waals surface area (Å²) in [5.74, 6) is 0. The third-order valence-electron chi connectivity index (χ3n) is 3.76. The fraction of sp³-hybridized carbons (Fsp3) is 0.571. The van der Waals surface area contributed by atoms with Crippen LogP contribution >= 0.6 is 0 Å². The number of nitrogens with two attached hydrogens (primary N) is 1. The highest BCUT2D eigenvalue weighted by molar-refractivity contribution is 7.90. The average molecular weight is 282 g/mol. The zero-order chi connectivity index (χ0) is 14.1. The zero-order valence-electron chi connectivity index (χ0n) is 11.6. The van der Waals surface area contributed by atoms with Crippen molar-refractivity contribution in [1.82, 2.24) is 4.90 Å². The van der Waals surface area contributed by atoms with Crippen LogP contribution in [0, 0.1) is 0 Å². The molecule has 1 heterocycles. The summed E-state index contributed by atoms with van der Waals surface area (Å²) in [6, 6.07) is 7.16. The Balaban J connectivity index is 1.97. The van der Waals surface area contributed by atoms with Crippen LogP contribution in [0.5, 0.6) is 0 Å². The highest BCUT2D eigenvalue weighted by atomic mass is 32.2. The Kier molecular flexibility index (Phi) is 3.99. The van der Waals surface area contributed by atoms with Crippen molar-refractivity contribution in [2.24, 2.45) is 5.73 Å². The Hall–Kier alpha value is -0.910. The minimum atomic E-state index is -3.10. The lowest BCUT2D eigenvalue weighted by atomic mass is 9.91. The van der Waals surface area contributed by atoms with Crippen molar-refractivity contribution in [3.63, 3.8) is 0 Å². The Bertz CT molecular complexity index is 525. The minimum absolute atomic E-state index is 0.0311. The van der Waals surface area contributed by atoms with E-state index in [-0.39, 0.29) is 5.54 Å². The SMILES string of the molecule is CC1(N)CCN(Cc2ccc(S(C)(=O)=O)cc2)CC1. The van der Waals surface area contributed by atoms with Crippen molar-refractivity contribution >= 4 is 9.84 Å². The summed E-state index contributed by atoms with van der Waals surface area (Å²) in [6.45, 7) is 4.97. The first kappa shape index (κ1) is 14.5. The normalized spacial score (nSPS) is 20.4. The summed E-state index contributed by atoms with van der Waals surface area (Å²) in [4.78, 5) is 2.74. The molecule has 4 nitrogen and oxygen atoms in total. The molecular weight excluding hydrogens is 260 g/mol. The van der Waals surface area contributed by atoms with E-state index in [9.17, 15) is 8.42 Å². The zero-order valence-corrected chi connectivity index (χ0v) is 12.4. The van der Waals surface area contributed by atoms with E-state index in [1.165, 1.54) is 6.26 Å². The van der Waals surface area contributed by atoms with Gasteiger partial charge in [0.1, 0.15) is 0 Å². The van der Waals surface area contributed by atoms with Crippen molar-refractivity contribution in [2.75, 3.05) is 19.3 Å². The maximum absolute atomic E-state index is 11.4. The molecule has 1 aromatic rings. The number of benzene rings is 1. The van der Waals surface area contributed by atoms with E-state index in [0.717, 1.165) is 38.0 Å². The summed E-state index contributed by atoms with van der Waals surface area (Å²) in [5, 5.41) is 0. The number of piperidine rings is 1. The lowest BCUT2D eigenvalue weighted by molar-refractivity contribution is 0.165. The van der Waals surface area contributed by atoms with Crippen LogP contribution in [0.15, 0.2) is 29.2 Å². The molecule has 1 aliphatic heterocycles. The van der Waals surface area contributed by atoms with E-state index in [1.54, 1.807) is 12.1 Å². The Morgan fingerprint density at radius 2 is 1.74 bits per heavy atom. The molecule has 0 aromatic heterocycles.